The number of hydrogen-bond acceptors (Lipinski definition) is 3. The highest BCUT2D eigenvalue weighted by molar-refractivity contribution is 7.99. The fourth-order valence-corrected chi connectivity index (χ4v) is 3.24. The van der Waals surface area contributed by atoms with Crippen molar-refractivity contribution in [2.75, 3.05) is 12.9 Å². The molecule has 0 heterocycles. The zero-order chi connectivity index (χ0) is 13.4. The number of urea groups is 1. The van der Waals surface area contributed by atoms with Crippen molar-refractivity contribution in [3.05, 3.63) is 0 Å². The van der Waals surface area contributed by atoms with Gasteiger partial charge in [0.25, 0.3) is 0 Å². The fourth-order valence-electron chi connectivity index (χ4n) is 2.41. The van der Waals surface area contributed by atoms with E-state index in [2.05, 4.69) is 16.9 Å². The molecular weight excluding hydrogens is 248 g/mol. The molecule has 3 atom stereocenters. The van der Waals surface area contributed by atoms with Crippen LogP contribution in [0.15, 0.2) is 0 Å². The van der Waals surface area contributed by atoms with Crippen molar-refractivity contribution in [2.45, 2.75) is 62.8 Å². The summed E-state index contributed by atoms with van der Waals surface area (Å²) >= 11 is 1.90. The predicted molar refractivity (Wildman–Crippen MR) is 77.0 cm³/mol. The van der Waals surface area contributed by atoms with Crippen LogP contribution in [0.25, 0.3) is 0 Å². The lowest BCUT2D eigenvalue weighted by Crippen LogP contribution is -2.47. The number of thioether (sulfide) groups is 1. The highest BCUT2D eigenvalue weighted by Gasteiger charge is 2.22. The zero-order valence-electron chi connectivity index (χ0n) is 11.4. The molecule has 4 nitrogen and oxygen atoms in total. The molecule has 0 spiro atoms. The summed E-state index contributed by atoms with van der Waals surface area (Å²) in [6.07, 6.45) is 8.35. The molecule has 1 saturated carbocycles. The lowest BCUT2D eigenvalue weighted by molar-refractivity contribution is 0.227. The molecule has 1 fully saturated rings. The van der Waals surface area contributed by atoms with Crippen molar-refractivity contribution in [3.63, 3.8) is 0 Å². The summed E-state index contributed by atoms with van der Waals surface area (Å²) in [5.74, 6) is 0. The fraction of sp³-hybridized carbons (Fsp3) is 0.923. The molecule has 0 aliphatic heterocycles. The summed E-state index contributed by atoms with van der Waals surface area (Å²) in [6, 6.07) is 0.380. The Hall–Kier alpha value is -0.420. The Morgan fingerprint density at radius 2 is 2.28 bits per heavy atom. The molecule has 0 aromatic heterocycles. The van der Waals surface area contributed by atoms with Gasteiger partial charge in [0.05, 0.1) is 0 Å². The zero-order valence-corrected chi connectivity index (χ0v) is 12.3. The smallest absolute Gasteiger partial charge is 0.315 e. The van der Waals surface area contributed by atoms with Gasteiger partial charge >= 0.3 is 6.03 Å². The summed E-state index contributed by atoms with van der Waals surface area (Å²) in [5, 5.41) is 15.4. The maximum Gasteiger partial charge on any atom is 0.315 e. The van der Waals surface area contributed by atoms with Crippen LogP contribution in [0, 0.1) is 0 Å². The van der Waals surface area contributed by atoms with Crippen LogP contribution in [0.1, 0.15) is 45.4 Å². The van der Waals surface area contributed by atoms with Crippen LogP contribution in [-0.2, 0) is 0 Å². The van der Waals surface area contributed by atoms with E-state index in [9.17, 15) is 4.79 Å². The van der Waals surface area contributed by atoms with Gasteiger partial charge < -0.3 is 15.7 Å². The first-order chi connectivity index (χ1) is 8.65. The summed E-state index contributed by atoms with van der Waals surface area (Å²) in [6.45, 7) is 2.16. The minimum atomic E-state index is -0.0628. The van der Waals surface area contributed by atoms with Crippen molar-refractivity contribution < 1.29 is 9.90 Å². The van der Waals surface area contributed by atoms with Crippen LogP contribution in [0.4, 0.5) is 4.79 Å². The van der Waals surface area contributed by atoms with Gasteiger partial charge in [0.2, 0.25) is 0 Å². The predicted octanol–water partition coefficient (Wildman–Crippen LogP) is 2.12. The Morgan fingerprint density at radius 1 is 1.50 bits per heavy atom. The van der Waals surface area contributed by atoms with E-state index in [1.165, 1.54) is 12.8 Å². The van der Waals surface area contributed by atoms with Gasteiger partial charge in [-0.15, -0.1) is 0 Å². The Kier molecular flexibility index (Phi) is 7.51. The van der Waals surface area contributed by atoms with Gasteiger partial charge in [-0.25, -0.2) is 4.79 Å². The molecule has 0 aromatic rings. The first kappa shape index (κ1) is 15.6. The van der Waals surface area contributed by atoms with Gasteiger partial charge in [-0.3, -0.25) is 0 Å². The van der Waals surface area contributed by atoms with Crippen molar-refractivity contribution in [2.24, 2.45) is 0 Å². The van der Waals surface area contributed by atoms with Crippen LogP contribution in [0.2, 0.25) is 0 Å². The topological polar surface area (TPSA) is 61.4 Å². The third kappa shape index (κ3) is 5.96. The van der Waals surface area contributed by atoms with E-state index in [4.69, 9.17) is 5.11 Å². The minimum absolute atomic E-state index is 0.0628. The summed E-state index contributed by atoms with van der Waals surface area (Å²) in [7, 11) is 0. The molecule has 0 bridgehead atoms. The average molecular weight is 274 g/mol. The van der Waals surface area contributed by atoms with Crippen molar-refractivity contribution in [1.82, 2.24) is 10.6 Å². The lowest BCUT2D eigenvalue weighted by Gasteiger charge is -2.29. The molecule has 18 heavy (non-hydrogen) atoms. The number of aliphatic hydroxyl groups excluding tert-OH is 1. The van der Waals surface area contributed by atoms with E-state index in [1.807, 2.05) is 18.7 Å². The summed E-state index contributed by atoms with van der Waals surface area (Å²) in [4.78, 5) is 11.8. The second-order valence-corrected chi connectivity index (χ2v) is 6.24. The maximum absolute atomic E-state index is 11.8. The van der Waals surface area contributed by atoms with Crippen LogP contribution in [-0.4, -0.2) is 41.3 Å². The Bertz CT molecular complexity index is 251. The monoisotopic (exact) mass is 274 g/mol. The Balaban J connectivity index is 2.22. The third-order valence-corrected chi connectivity index (χ3v) is 4.56. The number of carbonyl (C=O) groups is 1. The van der Waals surface area contributed by atoms with Crippen LogP contribution in [0.5, 0.6) is 0 Å². The number of nitrogens with one attached hydrogen (secondary N) is 2. The van der Waals surface area contributed by atoms with Gasteiger partial charge in [-0.2, -0.15) is 11.8 Å². The molecular formula is C13H26N2O2S. The molecule has 3 unspecified atom stereocenters. The minimum Gasteiger partial charge on any atom is -0.396 e. The van der Waals surface area contributed by atoms with Gasteiger partial charge in [0.1, 0.15) is 0 Å². The van der Waals surface area contributed by atoms with E-state index in [0.29, 0.717) is 11.3 Å². The molecule has 1 aliphatic rings. The van der Waals surface area contributed by atoms with E-state index < -0.39 is 0 Å². The van der Waals surface area contributed by atoms with Gasteiger partial charge in [0.15, 0.2) is 0 Å². The van der Waals surface area contributed by atoms with Gasteiger partial charge in [0, 0.05) is 23.9 Å². The molecule has 0 aromatic carbocycles. The average Bonchev–Trinajstić information content (AvgIpc) is 2.36. The molecule has 106 valence electrons. The maximum atomic E-state index is 11.8. The van der Waals surface area contributed by atoms with Crippen LogP contribution < -0.4 is 10.6 Å². The van der Waals surface area contributed by atoms with E-state index in [-0.39, 0.29) is 18.7 Å². The standard InChI is InChI=1S/C13H26N2O2S/c1-10(5-4-8-16)14-13(17)15-11-6-3-7-12(9-11)18-2/h10-12,16H,3-9H2,1-2H3,(H2,14,15,17). The van der Waals surface area contributed by atoms with Gasteiger partial charge in [-0.05, 0) is 45.3 Å². The van der Waals surface area contributed by atoms with Crippen LogP contribution in [0.3, 0.4) is 0 Å². The SMILES string of the molecule is CSC1CCCC(NC(=O)NC(C)CCCO)C1. The second kappa shape index (κ2) is 8.64. The highest BCUT2D eigenvalue weighted by atomic mass is 32.2. The van der Waals surface area contributed by atoms with E-state index in [0.717, 1.165) is 25.7 Å². The quantitative estimate of drug-likeness (QED) is 0.695. The first-order valence-electron chi connectivity index (χ1n) is 6.86. The summed E-state index contributed by atoms with van der Waals surface area (Å²) in [5.41, 5.74) is 0. The third-order valence-electron chi connectivity index (χ3n) is 3.47. The van der Waals surface area contributed by atoms with Crippen molar-refractivity contribution in [3.8, 4) is 0 Å². The normalized spacial score (nSPS) is 25.5. The second-order valence-electron chi connectivity index (χ2n) is 5.11. The summed E-state index contributed by atoms with van der Waals surface area (Å²) < 4.78 is 0. The molecule has 1 rings (SSSR count). The van der Waals surface area contributed by atoms with Gasteiger partial charge in [-0.1, -0.05) is 6.42 Å². The lowest BCUT2D eigenvalue weighted by atomic mass is 9.95. The van der Waals surface area contributed by atoms with Crippen molar-refractivity contribution in [1.29, 1.82) is 0 Å². The molecule has 5 heteroatoms. The number of hydrogen-bond donors (Lipinski definition) is 3. The van der Waals surface area contributed by atoms with E-state index >= 15 is 0 Å². The Labute approximate surface area is 114 Å². The highest BCUT2D eigenvalue weighted by Crippen LogP contribution is 2.26. The molecule has 0 radical (unpaired) electrons. The van der Waals surface area contributed by atoms with Crippen LogP contribution >= 0.6 is 11.8 Å². The number of aliphatic hydroxyl groups is 1. The number of rotatable bonds is 6. The number of amides is 2. The molecule has 0 saturated heterocycles. The molecule has 1 aliphatic carbocycles. The molecule has 3 N–H and O–H groups in total. The molecule has 2 amide bonds. The largest absolute Gasteiger partial charge is 0.396 e. The number of carbonyl (C=O) groups excluding carboxylic acids is 1. The first-order valence-corrected chi connectivity index (χ1v) is 8.15. The van der Waals surface area contributed by atoms with E-state index in [1.54, 1.807) is 0 Å². The Morgan fingerprint density at radius 3 is 2.94 bits per heavy atom. The van der Waals surface area contributed by atoms with Crippen molar-refractivity contribution >= 4 is 17.8 Å².